The van der Waals surface area contributed by atoms with Crippen LogP contribution in [0.2, 0.25) is 5.28 Å². The van der Waals surface area contributed by atoms with E-state index in [1.54, 1.807) is 0 Å². The molecule has 1 saturated carbocycles. The predicted molar refractivity (Wildman–Crippen MR) is 118 cm³/mol. The van der Waals surface area contributed by atoms with Crippen molar-refractivity contribution in [2.24, 2.45) is 0 Å². The molecule has 4 rings (SSSR count). The van der Waals surface area contributed by atoms with Crippen molar-refractivity contribution in [3.63, 3.8) is 0 Å². The van der Waals surface area contributed by atoms with Crippen LogP contribution in [0.3, 0.4) is 0 Å². The molecule has 1 saturated heterocycles. The Hall–Kier alpha value is -2.53. The first kappa shape index (κ1) is 24.6. The third kappa shape index (κ3) is 5.10. The molecular formula is C19H22ClN6O7P. The number of carbonyl (C=O) groups excluding carboxylic acids is 1. The monoisotopic (exact) mass is 512 g/mol. The number of carboxylic acids is 1. The van der Waals surface area contributed by atoms with Gasteiger partial charge >= 0.3 is 167 Å². The Morgan fingerprint density at radius 3 is 2.71 bits per heavy atom. The van der Waals surface area contributed by atoms with Gasteiger partial charge in [-0.15, -0.1) is 0 Å². The van der Waals surface area contributed by atoms with Gasteiger partial charge in [-0.05, 0) is 12.8 Å². The van der Waals surface area contributed by atoms with Crippen LogP contribution in [0.25, 0.3) is 11.2 Å². The van der Waals surface area contributed by atoms with Crippen LogP contribution in [0.5, 0.6) is 0 Å². The molecule has 0 spiro atoms. The summed E-state index contributed by atoms with van der Waals surface area (Å²) in [7, 11) is -0.715. The fourth-order valence-electron chi connectivity index (χ4n) is 4.26. The number of aromatic nitrogens is 4. The molecule has 0 unspecified atom stereocenters. The van der Waals surface area contributed by atoms with E-state index in [1.807, 2.05) is 5.63 Å². The topological polar surface area (TPSA) is 180 Å². The number of carboxylic acid groups (broad SMARTS) is 1. The van der Waals surface area contributed by atoms with Gasteiger partial charge in [0.05, 0.1) is 0 Å². The zero-order valence-electron chi connectivity index (χ0n) is 17.7. The molecule has 0 aromatic carbocycles. The molecule has 1 aliphatic carbocycles. The summed E-state index contributed by atoms with van der Waals surface area (Å²) in [6.07, 6.45) is 0.363. The summed E-state index contributed by atoms with van der Waals surface area (Å²) in [5.74, 6) is -1.81. The fraction of sp³-hybridized carbons (Fsp3) is 0.579. The van der Waals surface area contributed by atoms with Gasteiger partial charge in [0.2, 0.25) is 0 Å². The molecule has 13 nitrogen and oxygen atoms in total. The van der Waals surface area contributed by atoms with Crippen molar-refractivity contribution in [3.05, 3.63) is 11.6 Å². The van der Waals surface area contributed by atoms with E-state index in [0.29, 0.717) is 11.3 Å². The van der Waals surface area contributed by atoms with E-state index < -0.39 is 50.9 Å². The number of ether oxygens (including phenoxy) is 1. The van der Waals surface area contributed by atoms with E-state index in [1.165, 1.54) is 10.9 Å². The fourth-order valence-corrected chi connectivity index (χ4v) is 4.64. The average molecular weight is 513 g/mol. The Morgan fingerprint density at radius 2 is 2.03 bits per heavy atom. The minimum atomic E-state index is -1.47. The van der Waals surface area contributed by atoms with Crippen LogP contribution in [0.1, 0.15) is 31.9 Å². The van der Waals surface area contributed by atoms with Crippen molar-refractivity contribution in [2.45, 2.75) is 56.3 Å². The van der Waals surface area contributed by atoms with Crippen molar-refractivity contribution in [2.75, 3.05) is 18.4 Å². The van der Waals surface area contributed by atoms with Crippen LogP contribution >= 0.6 is 19.5 Å². The van der Waals surface area contributed by atoms with Crippen molar-refractivity contribution < 1.29 is 34.2 Å². The molecule has 182 valence electrons. The summed E-state index contributed by atoms with van der Waals surface area (Å²) in [6, 6.07) is 0.235. The molecule has 0 bridgehead atoms. The predicted octanol–water partition coefficient (Wildman–Crippen LogP) is 0.617. The molecule has 1 amide bonds. The molecule has 34 heavy (non-hydrogen) atoms. The number of hydrogen-bond acceptors (Lipinski definition) is 10. The number of halogens is 1. The summed E-state index contributed by atoms with van der Waals surface area (Å²) in [4.78, 5) is 36.8. The molecule has 3 heterocycles. The maximum absolute atomic E-state index is 12.0. The Morgan fingerprint density at radius 1 is 1.29 bits per heavy atom. The summed E-state index contributed by atoms with van der Waals surface area (Å²) < 4.78 is 17.9. The number of anilines is 1. The number of aliphatic carboxylic acids is 1. The average Bonchev–Trinajstić information content (AvgIpc) is 3.50. The zero-order valence-corrected chi connectivity index (χ0v) is 19.4. The Bertz CT molecular complexity index is 1200. The van der Waals surface area contributed by atoms with Crippen molar-refractivity contribution in [1.29, 1.82) is 0 Å². The second-order valence-corrected chi connectivity index (χ2v) is 8.86. The second-order valence-electron chi connectivity index (χ2n) is 8.12. The summed E-state index contributed by atoms with van der Waals surface area (Å²) >= 11 is 6.13. The molecule has 15 heteroatoms. The number of aliphatic hydroxyl groups excluding tert-OH is 2. The number of amides is 1. The van der Waals surface area contributed by atoms with Gasteiger partial charge in [-0.1, -0.05) is 12.8 Å². The number of aliphatic hydroxyl groups is 2. The number of rotatable bonds is 7. The van der Waals surface area contributed by atoms with Gasteiger partial charge in [0.15, 0.2) is 0 Å². The molecule has 2 aromatic rings. The van der Waals surface area contributed by atoms with Gasteiger partial charge in [0.25, 0.3) is 0 Å². The van der Waals surface area contributed by atoms with E-state index in [0.717, 1.165) is 30.6 Å². The number of nitrogens with one attached hydrogen (secondary N) is 1. The standard InChI is InChI=1S/C19H22ClN6O7P/c20-19-23-16(22-9-3-1-2-4-9)13-17(24-19)26(8-21-13)18-15(31)14(30)10(33-18)5-25(6-12(28)29)11(27)7-34-32/h8-10,14-15,18,30-31H,1-6H2,(H,28,29)(H,22,23,24)/t10-,14-,15-,18-/m1/s1. The summed E-state index contributed by atoms with van der Waals surface area (Å²) in [6.45, 7) is -1.12. The van der Waals surface area contributed by atoms with E-state index in [-0.39, 0.29) is 23.5 Å². The van der Waals surface area contributed by atoms with Gasteiger partial charge < -0.3 is 0 Å². The number of nitrogens with zero attached hydrogens (tertiary/aromatic N) is 5. The first-order chi connectivity index (χ1) is 16.3. The molecule has 4 N–H and O–H groups in total. The SMILES string of the molecule is O=P#CC(=O)N(CC(=O)O)C[C@H]1O[C@@H](n2cnc3c(NC4CCCC4)nc(Cl)nc32)[C@H](O)[C@@H]1O. The van der Waals surface area contributed by atoms with Crippen molar-refractivity contribution in [3.8, 4) is 5.63 Å². The van der Waals surface area contributed by atoms with Gasteiger partial charge in [-0.2, -0.15) is 0 Å². The van der Waals surface area contributed by atoms with E-state index in [4.69, 9.17) is 21.4 Å². The molecule has 0 radical (unpaired) electrons. The van der Waals surface area contributed by atoms with E-state index in [9.17, 15) is 24.4 Å². The van der Waals surface area contributed by atoms with Crippen LogP contribution in [-0.2, 0) is 18.9 Å². The number of hydrogen-bond donors (Lipinski definition) is 4. The maximum atomic E-state index is 12.0. The minimum absolute atomic E-state index is 0.0413. The number of carbonyl (C=O) groups is 2. The molecule has 2 aliphatic rings. The third-order valence-electron chi connectivity index (χ3n) is 5.86. The zero-order chi connectivity index (χ0) is 24.4. The Kier molecular flexibility index (Phi) is 7.51. The Balaban J connectivity index is 1.59. The first-order valence-electron chi connectivity index (χ1n) is 10.6. The van der Waals surface area contributed by atoms with E-state index >= 15 is 0 Å². The van der Waals surface area contributed by atoms with Gasteiger partial charge in [-0.3, -0.25) is 0 Å². The van der Waals surface area contributed by atoms with Gasteiger partial charge in [0, 0.05) is 6.04 Å². The molecule has 2 aromatic heterocycles. The molecule has 2 fully saturated rings. The van der Waals surface area contributed by atoms with Crippen LogP contribution in [0, 0.1) is 5.63 Å². The number of fused-ring (bicyclic) bond motifs is 1. The second kappa shape index (κ2) is 10.4. The van der Waals surface area contributed by atoms with Gasteiger partial charge in [0.1, 0.15) is 0 Å². The molecule has 4 atom stereocenters. The third-order valence-corrected chi connectivity index (χ3v) is 6.31. The quantitative estimate of drug-likeness (QED) is 0.301. The van der Waals surface area contributed by atoms with Crippen LogP contribution < -0.4 is 5.32 Å². The molecular weight excluding hydrogens is 491 g/mol. The van der Waals surface area contributed by atoms with Crippen molar-refractivity contribution in [1.82, 2.24) is 24.4 Å². The van der Waals surface area contributed by atoms with E-state index in [2.05, 4.69) is 20.3 Å². The van der Waals surface area contributed by atoms with Crippen molar-refractivity contribution >= 4 is 48.4 Å². The number of imidazole rings is 1. The van der Waals surface area contributed by atoms with Crippen LogP contribution in [-0.4, -0.2) is 89.1 Å². The first-order valence-corrected chi connectivity index (χ1v) is 11.7. The van der Waals surface area contributed by atoms with Gasteiger partial charge in [-0.25, -0.2) is 0 Å². The van der Waals surface area contributed by atoms with Crippen LogP contribution in [0.4, 0.5) is 5.82 Å². The Labute approximate surface area is 199 Å². The summed E-state index contributed by atoms with van der Waals surface area (Å²) in [5.41, 5.74) is 2.62. The summed E-state index contributed by atoms with van der Waals surface area (Å²) in [5, 5.41) is 33.6. The van der Waals surface area contributed by atoms with Crippen LogP contribution in [0.15, 0.2) is 6.33 Å². The molecule has 1 aliphatic heterocycles. The normalized spacial score (nSPS) is 24.8.